The largest absolute Gasteiger partial charge is 0.460 e. The Morgan fingerprint density at radius 2 is 2.03 bits per heavy atom. The third-order valence-corrected chi connectivity index (χ3v) is 7.39. The summed E-state index contributed by atoms with van der Waals surface area (Å²) in [5.41, 5.74) is 1.36. The molecule has 0 unspecified atom stereocenters. The van der Waals surface area contributed by atoms with E-state index < -0.39 is 20.6 Å². The van der Waals surface area contributed by atoms with Crippen molar-refractivity contribution in [3.63, 3.8) is 0 Å². The summed E-state index contributed by atoms with van der Waals surface area (Å²) in [6.07, 6.45) is 4.80. The molecule has 1 atom stereocenters. The highest BCUT2D eigenvalue weighted by molar-refractivity contribution is 7.92. The Morgan fingerprint density at radius 1 is 1.31 bits per heavy atom. The van der Waals surface area contributed by atoms with E-state index in [1.165, 1.54) is 13.3 Å². The van der Waals surface area contributed by atoms with Crippen LogP contribution in [0, 0.1) is 17.8 Å². The Kier molecular flexibility index (Phi) is 6.43. The van der Waals surface area contributed by atoms with Crippen LogP contribution in [0.2, 0.25) is 0 Å². The first kappa shape index (κ1) is 21.1. The van der Waals surface area contributed by atoms with Gasteiger partial charge in [0, 0.05) is 18.2 Å². The minimum Gasteiger partial charge on any atom is -0.460 e. The summed E-state index contributed by atoms with van der Waals surface area (Å²) in [5, 5.41) is 3.95. The summed E-state index contributed by atoms with van der Waals surface area (Å²) < 4.78 is 33.6. The van der Waals surface area contributed by atoms with Crippen LogP contribution in [-0.2, 0) is 32.4 Å². The summed E-state index contributed by atoms with van der Waals surface area (Å²) in [6.45, 7) is 1.42. The van der Waals surface area contributed by atoms with Gasteiger partial charge in [0.05, 0.1) is 5.69 Å². The Bertz CT molecular complexity index is 1010. The topological polar surface area (TPSA) is 86.5 Å². The Labute approximate surface area is 171 Å². The maximum atomic E-state index is 12.7. The third kappa shape index (κ3) is 5.27. The van der Waals surface area contributed by atoms with Crippen molar-refractivity contribution in [2.24, 2.45) is 5.92 Å². The number of hydrogen-bond acceptors (Lipinski definition) is 6. The Hall–Kier alpha value is -2.59. The average Bonchev–Trinajstić information content (AvgIpc) is 3.10. The summed E-state index contributed by atoms with van der Waals surface area (Å²) >= 11 is 0. The van der Waals surface area contributed by atoms with Crippen LogP contribution in [0.25, 0.3) is 0 Å². The Balaban J connectivity index is 1.64. The fourth-order valence-electron chi connectivity index (χ4n) is 2.90. The highest BCUT2D eigenvalue weighted by Crippen LogP contribution is 2.26. The van der Waals surface area contributed by atoms with E-state index in [0.717, 1.165) is 24.7 Å². The number of aromatic nitrogens is 1. The molecule has 0 saturated heterocycles. The zero-order valence-electron chi connectivity index (χ0n) is 16.7. The summed E-state index contributed by atoms with van der Waals surface area (Å²) in [7, 11) is -3.71. The van der Waals surface area contributed by atoms with Gasteiger partial charge in [-0.3, -0.25) is 4.79 Å². The molecule has 1 saturated carbocycles. The molecule has 0 bridgehead atoms. The van der Waals surface area contributed by atoms with E-state index in [4.69, 9.17) is 9.26 Å². The first-order chi connectivity index (χ1) is 13.8. The van der Waals surface area contributed by atoms with Crippen molar-refractivity contribution >= 4 is 15.8 Å². The number of benzene rings is 1. The molecule has 0 amide bonds. The number of carbonyl (C=O) groups is 1. The fraction of sp³-hybridized carbons (Fsp3) is 0.455. The van der Waals surface area contributed by atoms with Crippen molar-refractivity contribution in [2.75, 3.05) is 6.26 Å². The molecule has 0 N–H and O–H groups in total. The number of sulfone groups is 1. The monoisotopic (exact) mass is 415 g/mol. The maximum Gasteiger partial charge on any atom is 0.327 e. The van der Waals surface area contributed by atoms with Crippen LogP contribution in [0.4, 0.5) is 0 Å². The van der Waals surface area contributed by atoms with Crippen LogP contribution in [0.5, 0.6) is 0 Å². The molecule has 154 valence electrons. The van der Waals surface area contributed by atoms with Crippen LogP contribution in [0.15, 0.2) is 40.9 Å². The van der Waals surface area contributed by atoms with Gasteiger partial charge in [-0.2, -0.15) is 0 Å². The number of nitrogens with zero attached hydrogens (tertiary/aromatic N) is 1. The second-order valence-corrected chi connectivity index (χ2v) is 10.1. The lowest BCUT2D eigenvalue weighted by atomic mass is 9.86. The van der Waals surface area contributed by atoms with Crippen LogP contribution in [0.1, 0.15) is 49.6 Å². The van der Waals surface area contributed by atoms with Gasteiger partial charge in [-0.1, -0.05) is 47.8 Å². The van der Waals surface area contributed by atoms with E-state index in [1.54, 1.807) is 6.07 Å². The van der Waals surface area contributed by atoms with E-state index in [9.17, 15) is 13.2 Å². The predicted octanol–water partition coefficient (Wildman–Crippen LogP) is 3.31. The zero-order valence-corrected chi connectivity index (χ0v) is 17.5. The average molecular weight is 416 g/mol. The highest BCUT2D eigenvalue weighted by atomic mass is 32.2. The minimum absolute atomic E-state index is 0.0235. The number of rotatable bonds is 7. The number of hydrogen-bond donors (Lipinski definition) is 0. The Morgan fingerprint density at radius 3 is 2.66 bits per heavy atom. The SMILES string of the molecule is C[C@@](CCc1cc(C#CC2CCC2)on1)(C(=O)OCc1ccccc1)S(C)(=O)=O. The van der Waals surface area contributed by atoms with Crippen molar-refractivity contribution in [2.45, 2.75) is 50.4 Å². The quantitative estimate of drug-likeness (QED) is 0.509. The first-order valence-corrected chi connectivity index (χ1v) is 11.5. The lowest BCUT2D eigenvalue weighted by Gasteiger charge is -2.25. The summed E-state index contributed by atoms with van der Waals surface area (Å²) in [5.74, 6) is 6.23. The van der Waals surface area contributed by atoms with E-state index >= 15 is 0 Å². The molecule has 1 heterocycles. The standard InChI is InChI=1S/C22H25NO5S/c1-22(29(2,25)26,21(24)27-16-18-7-4-3-5-8-18)14-13-19-15-20(28-23-19)12-11-17-9-6-10-17/h3-5,7-8,15,17H,6,9-10,13-14,16H2,1-2H3/t22-/m1/s1. The second-order valence-electron chi connectivity index (χ2n) is 7.64. The second kappa shape index (κ2) is 8.83. The number of carbonyl (C=O) groups excluding carboxylic acids is 1. The van der Waals surface area contributed by atoms with Gasteiger partial charge in [0.1, 0.15) is 6.61 Å². The smallest absolute Gasteiger partial charge is 0.327 e. The molecular formula is C22H25NO5S. The summed E-state index contributed by atoms with van der Waals surface area (Å²) in [6, 6.07) is 10.8. The van der Waals surface area contributed by atoms with Crippen LogP contribution < -0.4 is 0 Å². The molecule has 3 rings (SSSR count). The van der Waals surface area contributed by atoms with Crippen LogP contribution in [0.3, 0.4) is 0 Å². The van der Waals surface area contributed by atoms with Crippen molar-refractivity contribution in [1.29, 1.82) is 0 Å². The lowest BCUT2D eigenvalue weighted by molar-refractivity contribution is -0.147. The molecule has 1 aromatic carbocycles. The molecule has 1 aliphatic carbocycles. The van der Waals surface area contributed by atoms with E-state index in [1.807, 2.05) is 30.3 Å². The van der Waals surface area contributed by atoms with E-state index in [0.29, 0.717) is 17.4 Å². The maximum absolute atomic E-state index is 12.7. The van der Waals surface area contributed by atoms with E-state index in [-0.39, 0.29) is 19.4 Å². The molecule has 29 heavy (non-hydrogen) atoms. The molecule has 0 aliphatic heterocycles. The van der Waals surface area contributed by atoms with Gasteiger partial charge in [-0.25, -0.2) is 8.42 Å². The lowest BCUT2D eigenvalue weighted by Crippen LogP contribution is -2.44. The van der Waals surface area contributed by atoms with Crippen LogP contribution >= 0.6 is 0 Å². The highest BCUT2D eigenvalue weighted by Gasteiger charge is 2.44. The summed E-state index contributed by atoms with van der Waals surface area (Å²) in [4.78, 5) is 12.7. The fourth-order valence-corrected chi connectivity index (χ4v) is 3.73. The molecular weight excluding hydrogens is 390 g/mol. The third-order valence-electron chi connectivity index (χ3n) is 5.38. The number of ether oxygens (including phenoxy) is 1. The molecule has 6 nitrogen and oxygen atoms in total. The van der Waals surface area contributed by atoms with Gasteiger partial charge in [-0.05, 0) is 44.1 Å². The van der Waals surface area contributed by atoms with Gasteiger partial charge >= 0.3 is 5.97 Å². The molecule has 1 aromatic heterocycles. The van der Waals surface area contributed by atoms with Crippen molar-refractivity contribution < 1.29 is 22.5 Å². The van der Waals surface area contributed by atoms with Gasteiger partial charge in [0.2, 0.25) is 5.76 Å². The molecule has 0 spiro atoms. The van der Waals surface area contributed by atoms with Crippen LogP contribution in [-0.4, -0.2) is 30.5 Å². The molecule has 1 fully saturated rings. The van der Waals surface area contributed by atoms with Crippen molar-refractivity contribution in [1.82, 2.24) is 5.16 Å². The number of aryl methyl sites for hydroxylation is 1. The van der Waals surface area contributed by atoms with Gasteiger partial charge < -0.3 is 9.26 Å². The van der Waals surface area contributed by atoms with Crippen molar-refractivity contribution in [3.05, 3.63) is 53.4 Å². The number of esters is 1. The molecule has 0 radical (unpaired) electrons. The zero-order chi connectivity index (χ0) is 20.9. The van der Waals surface area contributed by atoms with Gasteiger partial charge in [-0.15, -0.1) is 0 Å². The molecule has 2 aromatic rings. The van der Waals surface area contributed by atoms with E-state index in [2.05, 4.69) is 17.0 Å². The van der Waals surface area contributed by atoms with Crippen molar-refractivity contribution in [3.8, 4) is 11.8 Å². The predicted molar refractivity (Wildman–Crippen MR) is 109 cm³/mol. The minimum atomic E-state index is -3.71. The van der Waals surface area contributed by atoms with Gasteiger partial charge in [0.15, 0.2) is 14.6 Å². The van der Waals surface area contributed by atoms with Gasteiger partial charge in [0.25, 0.3) is 0 Å². The molecule has 1 aliphatic rings. The normalized spacial score (nSPS) is 16.2. The molecule has 7 heteroatoms. The first-order valence-electron chi connectivity index (χ1n) is 9.66.